The Balaban J connectivity index is 1.51. The van der Waals surface area contributed by atoms with E-state index in [0.717, 1.165) is 5.56 Å². The first-order valence-electron chi connectivity index (χ1n) is 8.16. The van der Waals surface area contributed by atoms with Crippen molar-refractivity contribution in [3.8, 4) is 0 Å². The Morgan fingerprint density at radius 2 is 2.00 bits per heavy atom. The molecule has 4 atom stereocenters. The van der Waals surface area contributed by atoms with Gasteiger partial charge in [0.1, 0.15) is 12.7 Å². The Kier molecular flexibility index (Phi) is 4.34. The maximum atomic E-state index is 12.3. The number of carbonyl (C=O) groups is 1. The van der Waals surface area contributed by atoms with Gasteiger partial charge >= 0.3 is 6.09 Å². The molecule has 23 heavy (non-hydrogen) atoms. The van der Waals surface area contributed by atoms with E-state index < -0.39 is 0 Å². The first-order valence-corrected chi connectivity index (χ1v) is 8.16. The summed E-state index contributed by atoms with van der Waals surface area (Å²) < 4.78 is 16.9. The fourth-order valence-corrected chi connectivity index (χ4v) is 3.00. The van der Waals surface area contributed by atoms with E-state index in [1.54, 1.807) is 4.90 Å². The zero-order chi connectivity index (χ0) is 16.6. The molecule has 0 saturated carbocycles. The number of amides is 1. The smallest absolute Gasteiger partial charge is 0.410 e. The zero-order valence-corrected chi connectivity index (χ0v) is 14.2. The van der Waals surface area contributed by atoms with Crippen molar-refractivity contribution >= 4 is 6.09 Å². The Bertz CT molecular complexity index is 554. The second-order valence-electron chi connectivity index (χ2n) is 7.36. The number of benzene rings is 1. The number of hydrogen-bond acceptors (Lipinski definition) is 4. The van der Waals surface area contributed by atoms with Crippen LogP contribution in [0.25, 0.3) is 0 Å². The lowest BCUT2D eigenvalue weighted by Gasteiger charge is -2.45. The van der Waals surface area contributed by atoms with Gasteiger partial charge in [0.25, 0.3) is 0 Å². The van der Waals surface area contributed by atoms with Crippen molar-refractivity contribution in [1.82, 2.24) is 4.90 Å². The lowest BCUT2D eigenvalue weighted by atomic mass is 9.88. The summed E-state index contributed by atoms with van der Waals surface area (Å²) in [7, 11) is 0. The van der Waals surface area contributed by atoms with Crippen molar-refractivity contribution in [3.05, 3.63) is 35.9 Å². The second-order valence-corrected chi connectivity index (χ2v) is 7.36. The standard InChI is InChI=1S/C18H25NO4/c1-12-10-19(14(12)15-16(22-15)23-18(2,3)4)17(20)21-11-13-8-6-5-7-9-13/h5-9,12,14-16H,10-11H2,1-4H3/t12-,14?,15?,16?/m0/s1. The van der Waals surface area contributed by atoms with Gasteiger partial charge in [-0.05, 0) is 32.3 Å². The molecule has 126 valence electrons. The number of nitrogens with zero attached hydrogens (tertiary/aromatic N) is 1. The monoisotopic (exact) mass is 319 g/mol. The van der Waals surface area contributed by atoms with E-state index in [1.807, 2.05) is 51.1 Å². The van der Waals surface area contributed by atoms with Crippen LogP contribution in [0.15, 0.2) is 30.3 Å². The summed E-state index contributed by atoms with van der Waals surface area (Å²) in [5.41, 5.74) is 0.744. The molecule has 0 aromatic heterocycles. The molecule has 2 heterocycles. The SMILES string of the molecule is C[C@H]1CN(C(=O)OCc2ccccc2)C1C1OC1OC(C)(C)C. The van der Waals surface area contributed by atoms with E-state index >= 15 is 0 Å². The number of rotatable bonds is 4. The summed E-state index contributed by atoms with van der Waals surface area (Å²) in [6.07, 6.45) is -0.531. The highest BCUT2D eigenvalue weighted by atomic mass is 16.8. The first-order chi connectivity index (χ1) is 10.8. The number of hydrogen-bond donors (Lipinski definition) is 0. The molecule has 3 rings (SSSR count). The molecular formula is C18H25NO4. The molecule has 0 radical (unpaired) electrons. The fourth-order valence-electron chi connectivity index (χ4n) is 3.00. The van der Waals surface area contributed by atoms with E-state index in [1.165, 1.54) is 0 Å². The van der Waals surface area contributed by atoms with Crippen LogP contribution < -0.4 is 0 Å². The predicted molar refractivity (Wildman–Crippen MR) is 85.8 cm³/mol. The average Bonchev–Trinajstić information content (AvgIpc) is 3.19. The van der Waals surface area contributed by atoms with Gasteiger partial charge < -0.3 is 19.1 Å². The molecule has 0 aliphatic carbocycles. The molecule has 0 spiro atoms. The Labute approximate surface area is 137 Å². The molecule has 1 aromatic rings. The molecule has 1 amide bonds. The third-order valence-electron chi connectivity index (χ3n) is 4.16. The van der Waals surface area contributed by atoms with Gasteiger partial charge in [-0.15, -0.1) is 0 Å². The Morgan fingerprint density at radius 1 is 1.30 bits per heavy atom. The van der Waals surface area contributed by atoms with Crippen LogP contribution in [0.2, 0.25) is 0 Å². The number of ether oxygens (including phenoxy) is 3. The van der Waals surface area contributed by atoms with E-state index in [4.69, 9.17) is 14.2 Å². The molecule has 2 aliphatic heterocycles. The highest BCUT2D eigenvalue weighted by Crippen LogP contribution is 2.40. The molecule has 3 unspecified atom stereocenters. The average molecular weight is 319 g/mol. The Hall–Kier alpha value is -1.59. The maximum Gasteiger partial charge on any atom is 0.410 e. The van der Waals surface area contributed by atoms with Crippen molar-refractivity contribution in [1.29, 1.82) is 0 Å². The summed E-state index contributed by atoms with van der Waals surface area (Å²) in [5.74, 6) is 0.401. The normalized spacial score (nSPS) is 29.8. The lowest BCUT2D eigenvalue weighted by Crippen LogP contribution is -2.60. The molecule has 0 N–H and O–H groups in total. The minimum Gasteiger partial charge on any atom is -0.445 e. The van der Waals surface area contributed by atoms with Gasteiger partial charge in [-0.2, -0.15) is 0 Å². The van der Waals surface area contributed by atoms with Crippen molar-refractivity contribution in [3.63, 3.8) is 0 Å². The third kappa shape index (κ3) is 3.85. The third-order valence-corrected chi connectivity index (χ3v) is 4.16. The number of likely N-dealkylation sites (tertiary alicyclic amines) is 1. The molecule has 1 aromatic carbocycles. The van der Waals surface area contributed by atoms with Crippen LogP contribution in [0, 0.1) is 5.92 Å². The molecular weight excluding hydrogens is 294 g/mol. The molecule has 5 nitrogen and oxygen atoms in total. The van der Waals surface area contributed by atoms with Crippen LogP contribution in [0.4, 0.5) is 4.79 Å². The minimum atomic E-state index is -0.276. The van der Waals surface area contributed by atoms with E-state index in [2.05, 4.69) is 6.92 Å². The molecule has 2 saturated heterocycles. The molecule has 2 fully saturated rings. The first kappa shape index (κ1) is 16.3. The van der Waals surface area contributed by atoms with Crippen molar-refractivity contribution in [2.75, 3.05) is 6.54 Å². The topological polar surface area (TPSA) is 51.3 Å². The van der Waals surface area contributed by atoms with Crippen molar-refractivity contribution in [2.45, 2.75) is 58.3 Å². The van der Waals surface area contributed by atoms with Crippen LogP contribution in [0.5, 0.6) is 0 Å². The van der Waals surface area contributed by atoms with Gasteiger partial charge in [0.15, 0.2) is 6.29 Å². The van der Waals surface area contributed by atoms with Crippen LogP contribution in [-0.4, -0.2) is 41.6 Å². The number of carbonyl (C=O) groups excluding carboxylic acids is 1. The number of epoxide rings is 1. The van der Waals surface area contributed by atoms with Crippen molar-refractivity contribution in [2.24, 2.45) is 5.92 Å². The second kappa shape index (κ2) is 6.13. The van der Waals surface area contributed by atoms with Crippen molar-refractivity contribution < 1.29 is 19.0 Å². The van der Waals surface area contributed by atoms with Crippen LogP contribution in [0.3, 0.4) is 0 Å². The minimum absolute atomic E-state index is 0.0396. The van der Waals surface area contributed by atoms with Gasteiger partial charge in [-0.1, -0.05) is 37.3 Å². The van der Waals surface area contributed by atoms with Gasteiger partial charge in [0.2, 0.25) is 0 Å². The summed E-state index contributed by atoms with van der Waals surface area (Å²) in [6.45, 7) is 9.14. The van der Waals surface area contributed by atoms with Crippen LogP contribution in [0.1, 0.15) is 33.3 Å². The van der Waals surface area contributed by atoms with Crippen LogP contribution >= 0.6 is 0 Å². The zero-order valence-electron chi connectivity index (χ0n) is 14.2. The molecule has 5 heteroatoms. The fraction of sp³-hybridized carbons (Fsp3) is 0.611. The summed E-state index contributed by atoms with van der Waals surface area (Å²) in [4.78, 5) is 14.0. The van der Waals surface area contributed by atoms with E-state index in [-0.39, 0.29) is 30.1 Å². The summed E-state index contributed by atoms with van der Waals surface area (Å²) in [5, 5.41) is 0. The highest BCUT2D eigenvalue weighted by Gasteiger charge is 2.57. The summed E-state index contributed by atoms with van der Waals surface area (Å²) >= 11 is 0. The van der Waals surface area contributed by atoms with Gasteiger partial charge in [-0.25, -0.2) is 4.79 Å². The quantitative estimate of drug-likeness (QED) is 0.800. The highest BCUT2D eigenvalue weighted by molar-refractivity contribution is 5.69. The Morgan fingerprint density at radius 3 is 2.61 bits per heavy atom. The summed E-state index contributed by atoms with van der Waals surface area (Å²) in [6, 6.07) is 9.75. The molecule has 0 bridgehead atoms. The lowest BCUT2D eigenvalue weighted by molar-refractivity contribution is -0.0582. The maximum absolute atomic E-state index is 12.3. The van der Waals surface area contributed by atoms with Gasteiger partial charge in [0, 0.05) is 6.54 Å². The van der Waals surface area contributed by atoms with E-state index in [0.29, 0.717) is 19.1 Å². The van der Waals surface area contributed by atoms with E-state index in [9.17, 15) is 4.79 Å². The van der Waals surface area contributed by atoms with Gasteiger partial charge in [0.05, 0.1) is 11.6 Å². The predicted octanol–water partition coefficient (Wildman–Crippen LogP) is 3.18. The van der Waals surface area contributed by atoms with Gasteiger partial charge in [-0.3, -0.25) is 0 Å². The van der Waals surface area contributed by atoms with Crippen LogP contribution in [-0.2, 0) is 20.8 Å². The largest absolute Gasteiger partial charge is 0.445 e. The molecule has 2 aliphatic rings.